The monoisotopic (exact) mass is 541 g/mol. The summed E-state index contributed by atoms with van der Waals surface area (Å²) in [6.45, 7) is 6.74. The second-order valence-corrected chi connectivity index (χ2v) is 9.10. The van der Waals surface area contributed by atoms with Crippen molar-refractivity contribution in [1.82, 2.24) is 20.4 Å². The van der Waals surface area contributed by atoms with Crippen LogP contribution in [-0.4, -0.2) is 75.2 Å². The number of ether oxygens (including phenoxy) is 1. The summed E-state index contributed by atoms with van der Waals surface area (Å²) in [5.74, 6) is 2.58. The number of rotatable bonds is 8. The number of hydrogen-bond acceptors (Lipinski definition) is 4. The van der Waals surface area contributed by atoms with Crippen molar-refractivity contribution in [2.24, 2.45) is 10.9 Å². The van der Waals surface area contributed by atoms with Crippen LogP contribution in [0.3, 0.4) is 0 Å². The highest BCUT2D eigenvalue weighted by Crippen LogP contribution is 2.31. The van der Waals surface area contributed by atoms with E-state index >= 15 is 0 Å². The Morgan fingerprint density at radius 1 is 1.06 bits per heavy atom. The summed E-state index contributed by atoms with van der Waals surface area (Å²) < 4.78 is 5.36. The topological polar surface area (TPSA) is 52.1 Å². The molecule has 0 amide bonds. The van der Waals surface area contributed by atoms with E-state index in [-0.39, 0.29) is 24.0 Å². The SMILES string of the molecule is CN=C(NCC1CCN(C2CC2)C1)NCC(c1ccc(OC)cc1)N1CCCCC1.I. The van der Waals surface area contributed by atoms with Crippen LogP contribution in [0.4, 0.5) is 0 Å². The van der Waals surface area contributed by atoms with E-state index in [1.165, 1.54) is 70.3 Å². The fraction of sp³-hybridized carbons (Fsp3) is 0.708. The van der Waals surface area contributed by atoms with Crippen molar-refractivity contribution < 1.29 is 4.74 Å². The van der Waals surface area contributed by atoms with Crippen molar-refractivity contribution >= 4 is 29.9 Å². The molecule has 0 radical (unpaired) electrons. The van der Waals surface area contributed by atoms with Gasteiger partial charge in [0.1, 0.15) is 5.75 Å². The predicted molar refractivity (Wildman–Crippen MR) is 139 cm³/mol. The van der Waals surface area contributed by atoms with Crippen LogP contribution in [0.5, 0.6) is 5.75 Å². The van der Waals surface area contributed by atoms with Gasteiger partial charge in [-0.15, -0.1) is 24.0 Å². The van der Waals surface area contributed by atoms with Gasteiger partial charge in [0, 0.05) is 32.7 Å². The first-order chi connectivity index (χ1) is 14.8. The van der Waals surface area contributed by atoms with Crippen LogP contribution < -0.4 is 15.4 Å². The quantitative estimate of drug-likeness (QED) is 0.300. The van der Waals surface area contributed by atoms with E-state index in [2.05, 4.69) is 49.7 Å². The molecule has 1 saturated carbocycles. The molecule has 4 rings (SSSR count). The minimum absolute atomic E-state index is 0. The number of benzene rings is 1. The van der Waals surface area contributed by atoms with Crippen molar-refractivity contribution in [3.05, 3.63) is 29.8 Å². The lowest BCUT2D eigenvalue weighted by molar-refractivity contribution is 0.164. The fourth-order valence-electron chi connectivity index (χ4n) is 4.97. The van der Waals surface area contributed by atoms with E-state index in [9.17, 15) is 0 Å². The molecule has 1 aliphatic carbocycles. The number of hydrogen-bond donors (Lipinski definition) is 2. The molecule has 6 nitrogen and oxygen atoms in total. The van der Waals surface area contributed by atoms with E-state index < -0.39 is 0 Å². The molecule has 2 aliphatic heterocycles. The molecule has 0 bridgehead atoms. The molecule has 2 heterocycles. The van der Waals surface area contributed by atoms with Crippen molar-refractivity contribution in [3.8, 4) is 5.75 Å². The van der Waals surface area contributed by atoms with E-state index in [4.69, 9.17) is 4.74 Å². The number of piperidine rings is 1. The number of methoxy groups -OCH3 is 1. The van der Waals surface area contributed by atoms with Crippen molar-refractivity contribution in [1.29, 1.82) is 0 Å². The van der Waals surface area contributed by atoms with Gasteiger partial charge in [0.05, 0.1) is 13.2 Å². The van der Waals surface area contributed by atoms with E-state index in [1.807, 2.05) is 7.05 Å². The highest BCUT2D eigenvalue weighted by molar-refractivity contribution is 14.0. The first-order valence-corrected chi connectivity index (χ1v) is 11.8. The summed E-state index contributed by atoms with van der Waals surface area (Å²) in [6.07, 6.45) is 8.06. The molecular weight excluding hydrogens is 501 g/mol. The zero-order valence-electron chi connectivity index (χ0n) is 19.2. The molecule has 174 valence electrons. The Balaban J connectivity index is 0.00000272. The zero-order chi connectivity index (χ0) is 20.8. The standard InChI is InChI=1S/C24H39N5O.HI/c1-25-24(26-16-19-12-15-29(18-19)21-8-9-21)27-17-23(28-13-4-3-5-14-28)20-6-10-22(30-2)11-7-20;/h6-7,10-11,19,21,23H,3-5,8-9,12-18H2,1-2H3,(H2,25,26,27);1H. The normalized spacial score (nSPS) is 23.8. The molecule has 1 aromatic carbocycles. The molecule has 2 atom stereocenters. The number of guanidine groups is 1. The third kappa shape index (κ3) is 6.96. The summed E-state index contributed by atoms with van der Waals surface area (Å²) in [5, 5.41) is 7.21. The molecule has 0 aromatic heterocycles. The average molecular weight is 542 g/mol. The largest absolute Gasteiger partial charge is 0.497 e. The predicted octanol–water partition coefficient (Wildman–Crippen LogP) is 3.49. The van der Waals surface area contributed by atoms with Crippen LogP contribution in [-0.2, 0) is 0 Å². The third-order valence-electron chi connectivity index (χ3n) is 6.96. The molecule has 3 aliphatic rings. The van der Waals surface area contributed by atoms with Gasteiger partial charge in [-0.25, -0.2) is 0 Å². The Hall–Kier alpha value is -1.06. The first-order valence-electron chi connectivity index (χ1n) is 11.8. The van der Waals surface area contributed by atoms with Crippen molar-refractivity contribution in [2.45, 2.75) is 50.6 Å². The summed E-state index contributed by atoms with van der Waals surface area (Å²) in [7, 11) is 3.60. The molecule has 0 spiro atoms. The highest BCUT2D eigenvalue weighted by atomic mass is 127. The molecule has 7 heteroatoms. The Labute approximate surface area is 205 Å². The zero-order valence-corrected chi connectivity index (χ0v) is 21.5. The Bertz CT molecular complexity index is 688. The second kappa shape index (κ2) is 12.3. The number of aliphatic imine (C=N–C) groups is 1. The van der Waals surface area contributed by atoms with Gasteiger partial charge in [0.25, 0.3) is 0 Å². The maximum absolute atomic E-state index is 5.36. The number of halogens is 1. The van der Waals surface area contributed by atoms with Gasteiger partial charge in [0.15, 0.2) is 5.96 Å². The minimum Gasteiger partial charge on any atom is -0.497 e. The van der Waals surface area contributed by atoms with Crippen LogP contribution in [0.15, 0.2) is 29.3 Å². The lowest BCUT2D eigenvalue weighted by atomic mass is 10.0. The van der Waals surface area contributed by atoms with Crippen LogP contribution in [0, 0.1) is 5.92 Å². The van der Waals surface area contributed by atoms with Gasteiger partial charge >= 0.3 is 0 Å². The van der Waals surface area contributed by atoms with Gasteiger partial charge in [-0.05, 0) is 75.4 Å². The van der Waals surface area contributed by atoms with Gasteiger partial charge in [0.2, 0.25) is 0 Å². The molecule has 31 heavy (non-hydrogen) atoms. The fourth-order valence-corrected chi connectivity index (χ4v) is 4.97. The number of nitrogens with one attached hydrogen (secondary N) is 2. The number of likely N-dealkylation sites (tertiary alicyclic amines) is 2. The number of nitrogens with zero attached hydrogens (tertiary/aromatic N) is 3. The van der Waals surface area contributed by atoms with E-state index in [0.29, 0.717) is 6.04 Å². The maximum Gasteiger partial charge on any atom is 0.191 e. The lowest BCUT2D eigenvalue weighted by Crippen LogP contribution is -2.45. The summed E-state index contributed by atoms with van der Waals surface area (Å²) in [5.41, 5.74) is 1.34. The maximum atomic E-state index is 5.36. The first kappa shape index (κ1) is 24.6. The molecule has 2 N–H and O–H groups in total. The smallest absolute Gasteiger partial charge is 0.191 e. The Morgan fingerprint density at radius 2 is 1.81 bits per heavy atom. The average Bonchev–Trinajstić information content (AvgIpc) is 3.55. The third-order valence-corrected chi connectivity index (χ3v) is 6.96. The summed E-state index contributed by atoms with van der Waals surface area (Å²) >= 11 is 0. The lowest BCUT2D eigenvalue weighted by Gasteiger charge is -2.35. The molecular formula is C24H40IN5O. The van der Waals surface area contributed by atoms with Crippen molar-refractivity contribution in [3.63, 3.8) is 0 Å². The molecule has 3 fully saturated rings. The summed E-state index contributed by atoms with van der Waals surface area (Å²) in [6, 6.07) is 9.81. The summed E-state index contributed by atoms with van der Waals surface area (Å²) in [4.78, 5) is 9.80. The van der Waals surface area contributed by atoms with E-state index in [1.54, 1.807) is 7.11 Å². The molecule has 2 saturated heterocycles. The minimum atomic E-state index is 0. The van der Waals surface area contributed by atoms with Gasteiger partial charge in [-0.1, -0.05) is 18.6 Å². The molecule has 2 unspecified atom stereocenters. The Morgan fingerprint density at radius 3 is 2.45 bits per heavy atom. The van der Waals surface area contributed by atoms with Gasteiger partial charge in [-0.3, -0.25) is 9.89 Å². The van der Waals surface area contributed by atoms with Crippen LogP contribution in [0.1, 0.15) is 50.1 Å². The van der Waals surface area contributed by atoms with Gasteiger partial charge < -0.3 is 20.3 Å². The van der Waals surface area contributed by atoms with E-state index in [0.717, 1.165) is 36.8 Å². The second-order valence-electron chi connectivity index (χ2n) is 9.10. The van der Waals surface area contributed by atoms with Crippen LogP contribution in [0.2, 0.25) is 0 Å². The molecule has 1 aromatic rings. The van der Waals surface area contributed by atoms with Crippen LogP contribution >= 0.6 is 24.0 Å². The van der Waals surface area contributed by atoms with Crippen LogP contribution in [0.25, 0.3) is 0 Å². The Kier molecular flexibility index (Phi) is 9.72. The highest BCUT2D eigenvalue weighted by Gasteiger charge is 2.34. The van der Waals surface area contributed by atoms with Crippen molar-refractivity contribution in [2.75, 3.05) is 53.4 Å². The van der Waals surface area contributed by atoms with Gasteiger partial charge in [-0.2, -0.15) is 0 Å².